The highest BCUT2D eigenvalue weighted by Gasteiger charge is 2.23. The minimum Gasteiger partial charge on any atom is -0.349 e. The average Bonchev–Trinajstić information content (AvgIpc) is 2.76. The number of rotatable bonds is 4. The van der Waals surface area contributed by atoms with E-state index in [0.29, 0.717) is 11.8 Å². The number of amides is 1. The Kier molecular flexibility index (Phi) is 5.51. The molecule has 0 bridgehead atoms. The lowest BCUT2D eigenvalue weighted by Gasteiger charge is -2.28. The smallest absolute Gasteiger partial charge is 0.232 e. The molecule has 1 amide bonds. The summed E-state index contributed by atoms with van der Waals surface area (Å²) in [5.74, 6) is 0.787. The molecule has 5 heteroatoms. The van der Waals surface area contributed by atoms with Gasteiger partial charge in [0, 0.05) is 48.2 Å². The summed E-state index contributed by atoms with van der Waals surface area (Å²) in [5, 5.41) is 1.24. The molecule has 0 aliphatic carbocycles. The van der Waals surface area contributed by atoms with Crippen LogP contribution >= 0.6 is 11.8 Å². The Morgan fingerprint density at radius 3 is 2.88 bits per heavy atom. The second-order valence-corrected chi connectivity index (χ2v) is 7.88. The maximum Gasteiger partial charge on any atom is 0.232 e. The van der Waals surface area contributed by atoms with Gasteiger partial charge < -0.3 is 14.4 Å². The van der Waals surface area contributed by atoms with Gasteiger partial charge in [-0.25, -0.2) is 0 Å². The summed E-state index contributed by atoms with van der Waals surface area (Å²) in [7, 11) is 6.29. The fourth-order valence-corrected chi connectivity index (χ4v) is 4.44. The zero-order valence-corrected chi connectivity index (χ0v) is 15.7. The molecule has 2 heterocycles. The quantitative estimate of drug-likeness (QED) is 0.797. The molecule has 0 unspecified atom stereocenters. The van der Waals surface area contributed by atoms with Gasteiger partial charge in [-0.05, 0) is 33.0 Å². The van der Waals surface area contributed by atoms with Gasteiger partial charge in [-0.3, -0.25) is 4.79 Å². The van der Waals surface area contributed by atoms with Crippen molar-refractivity contribution in [3.63, 3.8) is 0 Å². The Balaban J connectivity index is 1.66. The highest BCUT2D eigenvalue weighted by Crippen LogP contribution is 2.29. The molecule has 1 atom stereocenters. The maximum atomic E-state index is 12.7. The van der Waals surface area contributed by atoms with Gasteiger partial charge in [0.05, 0.1) is 5.75 Å². The molecule has 130 valence electrons. The standard InChI is InChI=1S/C19H27N3OS/c1-20(2)15-8-6-7-11-22(12-15)19(23)14-24-18-13-21(3)17-10-5-4-9-16(17)18/h4-5,9-10,13,15H,6-8,11-12,14H2,1-3H3/t15-/m0/s1. The number of fused-ring (bicyclic) bond motifs is 1. The van der Waals surface area contributed by atoms with Crippen molar-refractivity contribution in [2.75, 3.05) is 32.9 Å². The normalized spacial score (nSPS) is 19.0. The van der Waals surface area contributed by atoms with Crippen LogP contribution in [0.2, 0.25) is 0 Å². The number of carbonyl (C=O) groups is 1. The Hall–Kier alpha value is -1.46. The van der Waals surface area contributed by atoms with Crippen molar-refractivity contribution in [2.24, 2.45) is 7.05 Å². The summed E-state index contributed by atoms with van der Waals surface area (Å²) < 4.78 is 2.14. The third-order valence-electron chi connectivity index (χ3n) is 4.94. The minimum absolute atomic E-state index is 0.265. The largest absolute Gasteiger partial charge is 0.349 e. The Labute approximate surface area is 148 Å². The van der Waals surface area contributed by atoms with E-state index in [4.69, 9.17) is 0 Å². The lowest BCUT2D eigenvalue weighted by Crippen LogP contribution is -2.42. The summed E-state index contributed by atoms with van der Waals surface area (Å²) in [4.78, 5) is 18.2. The number of thioether (sulfide) groups is 1. The second-order valence-electron chi connectivity index (χ2n) is 6.86. The number of nitrogens with zero attached hydrogens (tertiary/aromatic N) is 3. The first-order valence-electron chi connectivity index (χ1n) is 8.67. The van der Waals surface area contributed by atoms with Gasteiger partial charge in [-0.15, -0.1) is 11.8 Å². The van der Waals surface area contributed by atoms with Crippen molar-refractivity contribution in [2.45, 2.75) is 30.2 Å². The van der Waals surface area contributed by atoms with E-state index >= 15 is 0 Å². The van der Waals surface area contributed by atoms with E-state index in [1.54, 1.807) is 11.8 Å². The van der Waals surface area contributed by atoms with Crippen LogP contribution in [0.15, 0.2) is 35.4 Å². The van der Waals surface area contributed by atoms with Gasteiger partial charge in [0.1, 0.15) is 0 Å². The molecular formula is C19H27N3OS. The molecular weight excluding hydrogens is 318 g/mol. The predicted molar refractivity (Wildman–Crippen MR) is 102 cm³/mol. The molecule has 0 radical (unpaired) electrons. The topological polar surface area (TPSA) is 28.5 Å². The zero-order chi connectivity index (χ0) is 17.1. The number of hydrogen-bond donors (Lipinski definition) is 0. The van der Waals surface area contributed by atoms with Gasteiger partial charge in [0.2, 0.25) is 5.91 Å². The number of hydrogen-bond acceptors (Lipinski definition) is 3. The second kappa shape index (κ2) is 7.62. The van der Waals surface area contributed by atoms with Crippen LogP contribution in [0.4, 0.5) is 0 Å². The van der Waals surface area contributed by atoms with Crippen molar-refractivity contribution < 1.29 is 4.79 Å². The van der Waals surface area contributed by atoms with E-state index in [1.165, 1.54) is 28.6 Å². The Morgan fingerprint density at radius 2 is 2.08 bits per heavy atom. The molecule has 1 aromatic heterocycles. The molecule has 2 aromatic rings. The van der Waals surface area contributed by atoms with Crippen LogP contribution in [0.3, 0.4) is 0 Å². The highest BCUT2D eigenvalue weighted by molar-refractivity contribution is 8.00. The zero-order valence-electron chi connectivity index (χ0n) is 14.9. The molecule has 4 nitrogen and oxygen atoms in total. The first-order valence-corrected chi connectivity index (χ1v) is 9.66. The number of likely N-dealkylation sites (N-methyl/N-ethyl adjacent to an activating group) is 1. The molecule has 1 fully saturated rings. The number of aromatic nitrogens is 1. The molecule has 1 aromatic carbocycles. The minimum atomic E-state index is 0.265. The molecule has 0 spiro atoms. The number of benzene rings is 1. The van der Waals surface area contributed by atoms with Crippen LogP contribution in [-0.4, -0.2) is 59.3 Å². The van der Waals surface area contributed by atoms with Crippen LogP contribution in [0.5, 0.6) is 0 Å². The summed E-state index contributed by atoms with van der Waals surface area (Å²) in [5.41, 5.74) is 1.22. The third kappa shape index (κ3) is 3.78. The van der Waals surface area contributed by atoms with E-state index in [-0.39, 0.29) is 5.91 Å². The fraction of sp³-hybridized carbons (Fsp3) is 0.526. The van der Waals surface area contributed by atoms with Gasteiger partial charge in [0.15, 0.2) is 0 Å². The van der Waals surface area contributed by atoms with Crippen LogP contribution < -0.4 is 0 Å². The van der Waals surface area contributed by atoms with E-state index in [1.807, 2.05) is 0 Å². The molecule has 1 saturated heterocycles. The lowest BCUT2D eigenvalue weighted by molar-refractivity contribution is -0.128. The predicted octanol–water partition coefficient (Wildman–Crippen LogP) is 3.21. The van der Waals surface area contributed by atoms with Crippen LogP contribution in [-0.2, 0) is 11.8 Å². The van der Waals surface area contributed by atoms with Crippen molar-refractivity contribution >= 4 is 28.6 Å². The first kappa shape index (κ1) is 17.4. The fourth-order valence-electron chi connectivity index (χ4n) is 3.42. The summed E-state index contributed by atoms with van der Waals surface area (Å²) in [6.07, 6.45) is 5.65. The molecule has 0 saturated carbocycles. The number of likely N-dealkylation sites (tertiary alicyclic amines) is 1. The molecule has 1 aliphatic heterocycles. The van der Waals surface area contributed by atoms with Crippen molar-refractivity contribution in [1.29, 1.82) is 0 Å². The summed E-state index contributed by atoms with van der Waals surface area (Å²) in [6.45, 7) is 1.77. The van der Waals surface area contributed by atoms with Crippen molar-refractivity contribution in [3.05, 3.63) is 30.5 Å². The van der Waals surface area contributed by atoms with Crippen LogP contribution in [0, 0.1) is 0 Å². The number of para-hydroxylation sites is 1. The van der Waals surface area contributed by atoms with E-state index in [0.717, 1.165) is 19.5 Å². The Morgan fingerprint density at radius 1 is 1.29 bits per heavy atom. The van der Waals surface area contributed by atoms with E-state index in [2.05, 4.69) is 66.0 Å². The van der Waals surface area contributed by atoms with Gasteiger partial charge in [-0.1, -0.05) is 24.6 Å². The Bertz CT molecular complexity index is 710. The maximum absolute atomic E-state index is 12.7. The first-order chi connectivity index (χ1) is 11.6. The third-order valence-corrected chi connectivity index (χ3v) is 5.97. The SMILES string of the molecule is CN(C)[C@H]1CCCCN(C(=O)CSc2cn(C)c3ccccc23)C1. The van der Waals surface area contributed by atoms with Crippen LogP contribution in [0.1, 0.15) is 19.3 Å². The molecule has 0 N–H and O–H groups in total. The van der Waals surface area contributed by atoms with Crippen LogP contribution in [0.25, 0.3) is 10.9 Å². The summed E-state index contributed by atoms with van der Waals surface area (Å²) in [6, 6.07) is 8.86. The van der Waals surface area contributed by atoms with Gasteiger partial charge in [0.25, 0.3) is 0 Å². The number of aryl methyl sites for hydroxylation is 1. The monoisotopic (exact) mass is 345 g/mol. The summed E-state index contributed by atoms with van der Waals surface area (Å²) >= 11 is 1.66. The van der Waals surface area contributed by atoms with Gasteiger partial charge >= 0.3 is 0 Å². The number of carbonyl (C=O) groups excluding carboxylic acids is 1. The average molecular weight is 346 g/mol. The molecule has 24 heavy (non-hydrogen) atoms. The van der Waals surface area contributed by atoms with E-state index < -0.39 is 0 Å². The molecule has 1 aliphatic rings. The highest BCUT2D eigenvalue weighted by atomic mass is 32.2. The van der Waals surface area contributed by atoms with Crippen molar-refractivity contribution in [1.82, 2.24) is 14.4 Å². The lowest BCUT2D eigenvalue weighted by atomic mass is 10.1. The molecule has 3 rings (SSSR count). The van der Waals surface area contributed by atoms with Gasteiger partial charge in [-0.2, -0.15) is 0 Å². The van der Waals surface area contributed by atoms with Crippen molar-refractivity contribution in [3.8, 4) is 0 Å². The van der Waals surface area contributed by atoms with E-state index in [9.17, 15) is 4.79 Å².